The number of ether oxygens (including phenoxy) is 1. The summed E-state index contributed by atoms with van der Waals surface area (Å²) in [5.41, 5.74) is 5.62. The number of rotatable bonds is 2. The van der Waals surface area contributed by atoms with Crippen LogP contribution >= 0.6 is 0 Å². The standard InChI is InChI=1S/C31H38O5.H2/c1-29(2,3)22-14-17(12-20-19(22)16-24(32)25(20)33)31(10-8-7-9-11-31)18-13-21-26(34)28(35)36-27(21)23(15-18)30(4,5)6;/h12-15,25-26,33-34H,7-11,16H2,1-6H3;1H. The summed E-state index contributed by atoms with van der Waals surface area (Å²) in [4.78, 5) is 24.9. The quantitative estimate of drug-likeness (QED) is 0.403. The van der Waals surface area contributed by atoms with Crippen LogP contribution in [-0.2, 0) is 32.3 Å². The molecule has 1 fully saturated rings. The van der Waals surface area contributed by atoms with Gasteiger partial charge in [0.15, 0.2) is 11.9 Å². The molecule has 0 radical (unpaired) electrons. The molecule has 1 saturated carbocycles. The molecule has 5 rings (SSSR count). The van der Waals surface area contributed by atoms with E-state index in [-0.39, 0.29) is 29.9 Å². The zero-order valence-corrected chi connectivity index (χ0v) is 22.3. The van der Waals surface area contributed by atoms with Crippen LogP contribution < -0.4 is 4.74 Å². The minimum atomic E-state index is -1.29. The number of benzene rings is 2. The van der Waals surface area contributed by atoms with Crippen molar-refractivity contribution in [2.75, 3.05) is 0 Å². The summed E-state index contributed by atoms with van der Waals surface area (Å²) in [7, 11) is 0. The molecule has 194 valence electrons. The first-order valence-corrected chi connectivity index (χ1v) is 13.2. The number of hydrogen-bond donors (Lipinski definition) is 2. The molecule has 0 amide bonds. The Bertz CT molecular complexity index is 1170. The Balaban J connectivity index is 0.00000320. The summed E-state index contributed by atoms with van der Waals surface area (Å²) in [5, 5.41) is 21.5. The summed E-state index contributed by atoms with van der Waals surface area (Å²) in [5.74, 6) is -0.281. The third kappa shape index (κ3) is 3.83. The predicted molar refractivity (Wildman–Crippen MR) is 141 cm³/mol. The van der Waals surface area contributed by atoms with Crippen molar-refractivity contribution >= 4 is 11.8 Å². The Hall–Kier alpha value is -2.50. The highest BCUT2D eigenvalue weighted by atomic mass is 16.6. The number of carbonyl (C=O) groups is 2. The number of carbonyl (C=O) groups excluding carboxylic acids is 2. The van der Waals surface area contributed by atoms with Crippen LogP contribution in [0.4, 0.5) is 0 Å². The van der Waals surface area contributed by atoms with Crippen LogP contribution in [0.1, 0.15) is 126 Å². The molecule has 2 aromatic carbocycles. The summed E-state index contributed by atoms with van der Waals surface area (Å²) in [6, 6.07) is 8.46. The van der Waals surface area contributed by atoms with E-state index in [0.29, 0.717) is 11.3 Å². The van der Waals surface area contributed by atoms with E-state index in [0.717, 1.165) is 65.5 Å². The van der Waals surface area contributed by atoms with Gasteiger partial charge in [-0.15, -0.1) is 0 Å². The van der Waals surface area contributed by atoms with Gasteiger partial charge in [-0.3, -0.25) is 4.79 Å². The number of ketones is 1. The van der Waals surface area contributed by atoms with Gasteiger partial charge >= 0.3 is 5.97 Å². The van der Waals surface area contributed by atoms with Crippen LogP contribution in [0.15, 0.2) is 24.3 Å². The van der Waals surface area contributed by atoms with Gasteiger partial charge in [0.05, 0.1) is 0 Å². The van der Waals surface area contributed by atoms with E-state index >= 15 is 0 Å². The second kappa shape index (κ2) is 8.26. The van der Waals surface area contributed by atoms with Crippen molar-refractivity contribution in [3.05, 3.63) is 63.2 Å². The number of aliphatic hydroxyl groups is 2. The minimum Gasteiger partial charge on any atom is -0.424 e. The first-order valence-electron chi connectivity index (χ1n) is 13.2. The van der Waals surface area contributed by atoms with Gasteiger partial charge in [0.25, 0.3) is 0 Å². The van der Waals surface area contributed by atoms with E-state index in [1.54, 1.807) is 0 Å². The zero-order valence-electron chi connectivity index (χ0n) is 22.3. The van der Waals surface area contributed by atoms with Crippen molar-refractivity contribution in [1.82, 2.24) is 0 Å². The zero-order chi connectivity index (χ0) is 26.2. The highest BCUT2D eigenvalue weighted by molar-refractivity contribution is 5.92. The lowest BCUT2D eigenvalue weighted by Gasteiger charge is -2.41. The predicted octanol–water partition coefficient (Wildman–Crippen LogP) is 5.89. The maximum absolute atomic E-state index is 12.6. The lowest BCUT2D eigenvalue weighted by molar-refractivity contribution is -0.141. The normalized spacial score (nSPS) is 23.4. The fourth-order valence-electron chi connectivity index (χ4n) is 6.51. The molecule has 2 aliphatic carbocycles. The SMILES string of the molecule is CC(C)(C)c1cc(C2(c3cc4c(c(C(C)(C)C)c3)OC(=O)C4O)CCCCC2)cc2c1CC(=O)C2O.[HH]. The molecule has 2 aromatic rings. The third-order valence-corrected chi connectivity index (χ3v) is 8.50. The second-order valence-corrected chi connectivity index (χ2v) is 13.0. The Morgan fingerprint density at radius 3 is 1.94 bits per heavy atom. The molecule has 0 spiro atoms. The molecule has 2 N–H and O–H groups in total. The van der Waals surface area contributed by atoms with Gasteiger partial charge in [-0.2, -0.15) is 0 Å². The fourth-order valence-corrected chi connectivity index (χ4v) is 6.51. The van der Waals surface area contributed by atoms with Crippen molar-refractivity contribution in [2.45, 2.75) is 109 Å². The first-order chi connectivity index (χ1) is 16.7. The Labute approximate surface area is 215 Å². The molecular formula is C31H40O5. The molecule has 0 bridgehead atoms. The number of esters is 1. The van der Waals surface area contributed by atoms with Crippen LogP contribution in [0.2, 0.25) is 0 Å². The van der Waals surface area contributed by atoms with Crippen LogP contribution in [0.5, 0.6) is 5.75 Å². The summed E-state index contributed by atoms with van der Waals surface area (Å²) >= 11 is 0. The molecule has 1 heterocycles. The molecule has 36 heavy (non-hydrogen) atoms. The largest absolute Gasteiger partial charge is 0.424 e. The lowest BCUT2D eigenvalue weighted by atomic mass is 9.63. The topological polar surface area (TPSA) is 83.8 Å². The van der Waals surface area contributed by atoms with Crippen LogP contribution in [-0.4, -0.2) is 22.0 Å². The average molecular weight is 493 g/mol. The number of hydrogen-bond acceptors (Lipinski definition) is 5. The maximum Gasteiger partial charge on any atom is 0.345 e. The highest BCUT2D eigenvalue weighted by Gasteiger charge is 2.43. The van der Waals surface area contributed by atoms with E-state index in [9.17, 15) is 19.8 Å². The van der Waals surface area contributed by atoms with Crippen molar-refractivity contribution in [3.63, 3.8) is 0 Å². The second-order valence-electron chi connectivity index (χ2n) is 13.0. The number of aliphatic hydroxyl groups excluding tert-OH is 2. The van der Waals surface area contributed by atoms with Gasteiger partial charge in [-0.1, -0.05) is 79.0 Å². The van der Waals surface area contributed by atoms with Crippen molar-refractivity contribution in [3.8, 4) is 5.75 Å². The maximum atomic E-state index is 12.6. The van der Waals surface area contributed by atoms with E-state index in [4.69, 9.17) is 4.74 Å². The molecule has 1 aliphatic heterocycles. The third-order valence-electron chi connectivity index (χ3n) is 8.50. The molecule has 3 aliphatic rings. The van der Waals surface area contributed by atoms with Crippen LogP contribution in [0, 0.1) is 0 Å². The number of Topliss-reactive ketones (excluding diaryl/α,β-unsaturated/α-hetero) is 1. The molecule has 0 saturated heterocycles. The monoisotopic (exact) mass is 492 g/mol. The number of fused-ring (bicyclic) bond motifs is 2. The van der Waals surface area contributed by atoms with Crippen LogP contribution in [0.25, 0.3) is 0 Å². The molecule has 2 atom stereocenters. The molecule has 5 nitrogen and oxygen atoms in total. The first kappa shape index (κ1) is 25.2. The van der Waals surface area contributed by atoms with Gasteiger partial charge in [0.2, 0.25) is 0 Å². The molecule has 2 unspecified atom stereocenters. The Morgan fingerprint density at radius 1 is 0.806 bits per heavy atom. The Kier molecular flexibility index (Phi) is 5.77. The van der Waals surface area contributed by atoms with E-state index in [1.807, 2.05) is 6.07 Å². The minimum absolute atomic E-state index is 0. The summed E-state index contributed by atoms with van der Waals surface area (Å²) in [6.07, 6.45) is 3.02. The summed E-state index contributed by atoms with van der Waals surface area (Å²) in [6.45, 7) is 12.7. The summed E-state index contributed by atoms with van der Waals surface area (Å²) < 4.78 is 5.55. The van der Waals surface area contributed by atoms with Crippen LogP contribution in [0.3, 0.4) is 0 Å². The van der Waals surface area contributed by atoms with E-state index in [1.165, 1.54) is 0 Å². The van der Waals surface area contributed by atoms with Crippen molar-refractivity contribution in [1.29, 1.82) is 0 Å². The Morgan fingerprint density at radius 2 is 1.36 bits per heavy atom. The molecule has 5 heteroatoms. The van der Waals surface area contributed by atoms with Gasteiger partial charge < -0.3 is 14.9 Å². The van der Waals surface area contributed by atoms with Gasteiger partial charge in [0, 0.05) is 24.4 Å². The van der Waals surface area contributed by atoms with E-state index < -0.39 is 18.2 Å². The highest BCUT2D eigenvalue weighted by Crippen LogP contribution is 2.52. The smallest absolute Gasteiger partial charge is 0.345 e. The van der Waals surface area contributed by atoms with E-state index in [2.05, 4.69) is 59.7 Å². The van der Waals surface area contributed by atoms with Gasteiger partial charge in [-0.25, -0.2) is 4.79 Å². The van der Waals surface area contributed by atoms with Gasteiger partial charge in [-0.05, 0) is 57.6 Å². The molecule has 0 aromatic heterocycles. The molecular weight excluding hydrogens is 452 g/mol. The van der Waals surface area contributed by atoms with Crippen molar-refractivity contribution in [2.24, 2.45) is 0 Å². The van der Waals surface area contributed by atoms with Gasteiger partial charge in [0.1, 0.15) is 11.9 Å². The lowest BCUT2D eigenvalue weighted by Crippen LogP contribution is -2.32. The average Bonchev–Trinajstić information content (AvgIpc) is 3.26. The fraction of sp³-hybridized carbons (Fsp3) is 0.548. The van der Waals surface area contributed by atoms with Crippen molar-refractivity contribution < 1.29 is 26.0 Å².